The summed E-state index contributed by atoms with van der Waals surface area (Å²) in [5, 5.41) is 11.6. The van der Waals surface area contributed by atoms with Crippen LogP contribution in [0.2, 0.25) is 0 Å². The molecule has 5 rings (SSSR count). The Balaban J connectivity index is 1.66. The van der Waals surface area contributed by atoms with Crippen molar-refractivity contribution in [3.8, 4) is 11.5 Å². The highest BCUT2D eigenvalue weighted by Crippen LogP contribution is 2.45. The number of ketones is 1. The molecule has 3 aromatic rings. The molecule has 10 heteroatoms. The third kappa shape index (κ3) is 4.76. The van der Waals surface area contributed by atoms with Crippen molar-refractivity contribution in [2.45, 2.75) is 39.7 Å². The van der Waals surface area contributed by atoms with E-state index in [1.54, 1.807) is 32.0 Å². The fraction of sp³-hybridized carbons (Fsp3) is 0.310. The molecule has 1 atom stereocenters. The molecule has 1 fully saturated rings. The van der Waals surface area contributed by atoms with Crippen LogP contribution in [0.3, 0.4) is 0 Å². The minimum Gasteiger partial charge on any atom is -0.507 e. The number of Topliss-reactive ketones (excluding diaryl/α,β-unsaturated/α-hetero) is 1. The SMILES string of the molecule is CCOC(=O)c1sc(N2C(=O)C(=O)C(=C(O)c3ccc4c(c3)OCCO4)C2c2ccc(C(C)C)cc2)nc1C. The average molecular weight is 549 g/mol. The zero-order valence-corrected chi connectivity index (χ0v) is 22.8. The number of aryl methyl sites for hydroxylation is 1. The minimum atomic E-state index is -0.972. The van der Waals surface area contributed by atoms with Gasteiger partial charge in [0.2, 0.25) is 0 Å². The number of ether oxygens (including phenoxy) is 3. The van der Waals surface area contributed by atoms with Crippen LogP contribution >= 0.6 is 11.3 Å². The topological polar surface area (TPSA) is 115 Å². The lowest BCUT2D eigenvalue weighted by Gasteiger charge is -2.24. The number of rotatable bonds is 6. The van der Waals surface area contributed by atoms with E-state index in [2.05, 4.69) is 18.8 Å². The van der Waals surface area contributed by atoms with Crippen LogP contribution in [-0.2, 0) is 14.3 Å². The Morgan fingerprint density at radius 3 is 2.49 bits per heavy atom. The van der Waals surface area contributed by atoms with Crippen molar-refractivity contribution in [1.29, 1.82) is 0 Å². The first-order valence-electron chi connectivity index (χ1n) is 12.7. The van der Waals surface area contributed by atoms with E-state index in [0.717, 1.165) is 16.9 Å². The maximum Gasteiger partial charge on any atom is 0.350 e. The van der Waals surface area contributed by atoms with Gasteiger partial charge in [0, 0.05) is 5.56 Å². The molecular formula is C29H28N2O7S. The third-order valence-corrected chi connectivity index (χ3v) is 7.77. The van der Waals surface area contributed by atoms with E-state index in [9.17, 15) is 19.5 Å². The fourth-order valence-electron chi connectivity index (χ4n) is 4.63. The average Bonchev–Trinajstić information content (AvgIpc) is 3.44. The summed E-state index contributed by atoms with van der Waals surface area (Å²) in [5.74, 6) is -1.36. The van der Waals surface area contributed by atoms with Crippen molar-refractivity contribution in [3.05, 3.63) is 75.3 Å². The molecule has 2 aliphatic heterocycles. The first kappa shape index (κ1) is 26.4. The predicted octanol–water partition coefficient (Wildman–Crippen LogP) is 5.15. The van der Waals surface area contributed by atoms with E-state index in [1.807, 2.05) is 24.3 Å². The van der Waals surface area contributed by atoms with Crippen molar-refractivity contribution < 1.29 is 33.7 Å². The lowest BCUT2D eigenvalue weighted by atomic mass is 9.93. The first-order chi connectivity index (χ1) is 18.7. The first-order valence-corrected chi connectivity index (χ1v) is 13.5. The molecule has 1 saturated heterocycles. The van der Waals surface area contributed by atoms with Crippen LogP contribution in [0.15, 0.2) is 48.0 Å². The van der Waals surface area contributed by atoms with Crippen molar-refractivity contribution >= 4 is 39.9 Å². The minimum absolute atomic E-state index is 0.0838. The molecule has 1 amide bonds. The lowest BCUT2D eigenvalue weighted by Crippen LogP contribution is -2.29. The Bertz CT molecular complexity index is 1490. The molecule has 1 N–H and O–H groups in total. The smallest absolute Gasteiger partial charge is 0.350 e. The predicted molar refractivity (Wildman–Crippen MR) is 146 cm³/mol. The summed E-state index contributed by atoms with van der Waals surface area (Å²) >= 11 is 0.972. The van der Waals surface area contributed by atoms with Gasteiger partial charge in [-0.25, -0.2) is 9.78 Å². The Labute approximate surface area is 229 Å². The zero-order valence-electron chi connectivity index (χ0n) is 22.0. The number of carbonyl (C=O) groups is 3. The molecule has 202 valence electrons. The summed E-state index contributed by atoms with van der Waals surface area (Å²) in [5.41, 5.74) is 2.31. The molecule has 1 aromatic heterocycles. The van der Waals surface area contributed by atoms with Crippen LogP contribution in [0.4, 0.5) is 5.13 Å². The number of nitrogens with zero attached hydrogens (tertiary/aromatic N) is 2. The van der Waals surface area contributed by atoms with E-state index in [-0.39, 0.29) is 33.9 Å². The number of benzene rings is 2. The summed E-state index contributed by atoms with van der Waals surface area (Å²) in [7, 11) is 0. The van der Waals surface area contributed by atoms with Crippen LogP contribution < -0.4 is 14.4 Å². The lowest BCUT2D eigenvalue weighted by molar-refractivity contribution is -0.132. The van der Waals surface area contributed by atoms with Crippen LogP contribution in [0.5, 0.6) is 11.5 Å². The number of hydrogen-bond acceptors (Lipinski definition) is 9. The van der Waals surface area contributed by atoms with E-state index >= 15 is 0 Å². The summed E-state index contributed by atoms with van der Waals surface area (Å²) in [6.07, 6.45) is 0. The third-order valence-electron chi connectivity index (χ3n) is 6.63. The van der Waals surface area contributed by atoms with Gasteiger partial charge in [0.1, 0.15) is 23.9 Å². The molecule has 2 aromatic carbocycles. The molecule has 0 radical (unpaired) electrons. The molecule has 39 heavy (non-hydrogen) atoms. The Morgan fingerprint density at radius 2 is 1.82 bits per heavy atom. The summed E-state index contributed by atoms with van der Waals surface area (Å²) in [4.78, 5) is 45.4. The molecule has 2 aliphatic rings. The largest absolute Gasteiger partial charge is 0.507 e. The molecule has 0 spiro atoms. The van der Waals surface area contributed by atoms with E-state index in [1.165, 1.54) is 4.90 Å². The van der Waals surface area contributed by atoms with Gasteiger partial charge in [-0.3, -0.25) is 14.5 Å². The Kier molecular flexibility index (Phi) is 7.14. The maximum absolute atomic E-state index is 13.5. The van der Waals surface area contributed by atoms with Crippen molar-refractivity contribution in [2.24, 2.45) is 0 Å². The number of hydrogen-bond donors (Lipinski definition) is 1. The quantitative estimate of drug-likeness (QED) is 0.195. The number of thiazole rings is 1. The van der Waals surface area contributed by atoms with E-state index in [4.69, 9.17) is 14.2 Å². The van der Waals surface area contributed by atoms with Crippen molar-refractivity contribution in [2.75, 3.05) is 24.7 Å². The number of amides is 1. The summed E-state index contributed by atoms with van der Waals surface area (Å²) in [6.45, 7) is 8.44. The molecule has 0 bridgehead atoms. The normalized spacial score (nSPS) is 18.1. The molecule has 9 nitrogen and oxygen atoms in total. The summed E-state index contributed by atoms with van der Waals surface area (Å²) < 4.78 is 16.4. The highest BCUT2D eigenvalue weighted by atomic mass is 32.1. The van der Waals surface area contributed by atoms with Crippen LogP contribution in [0.1, 0.15) is 64.8 Å². The zero-order chi connectivity index (χ0) is 27.8. The van der Waals surface area contributed by atoms with E-state index in [0.29, 0.717) is 41.5 Å². The standard InChI is InChI=1S/C29H28N2O7S/c1-5-36-28(35)26-16(4)30-29(39-26)31-23(18-8-6-17(7-9-18)15(2)3)22(25(33)27(31)34)24(32)19-10-11-20-21(14-19)38-13-12-37-20/h6-11,14-15,23,32H,5,12-13H2,1-4H3. The number of aliphatic hydroxyl groups excluding tert-OH is 1. The Morgan fingerprint density at radius 1 is 1.13 bits per heavy atom. The molecule has 0 aliphatic carbocycles. The van der Waals surface area contributed by atoms with Gasteiger partial charge in [0.05, 0.1) is 23.9 Å². The number of esters is 1. The van der Waals surface area contributed by atoms with Gasteiger partial charge in [0.25, 0.3) is 5.78 Å². The molecule has 0 saturated carbocycles. The van der Waals surface area contributed by atoms with Crippen molar-refractivity contribution in [3.63, 3.8) is 0 Å². The second-order valence-corrected chi connectivity index (χ2v) is 10.5. The monoisotopic (exact) mass is 548 g/mol. The summed E-state index contributed by atoms with van der Waals surface area (Å²) in [6, 6.07) is 11.4. The highest BCUT2D eigenvalue weighted by Gasteiger charge is 2.48. The van der Waals surface area contributed by atoms with Gasteiger partial charge >= 0.3 is 11.9 Å². The number of carbonyl (C=O) groups excluding carboxylic acids is 3. The second-order valence-electron chi connectivity index (χ2n) is 9.48. The highest BCUT2D eigenvalue weighted by molar-refractivity contribution is 7.17. The van der Waals surface area contributed by atoms with E-state index < -0.39 is 23.7 Å². The number of aliphatic hydroxyl groups is 1. The van der Waals surface area contributed by atoms with Gasteiger partial charge in [0.15, 0.2) is 16.6 Å². The van der Waals surface area contributed by atoms with Crippen LogP contribution in [0, 0.1) is 6.92 Å². The number of fused-ring (bicyclic) bond motifs is 1. The Hall–Kier alpha value is -4.18. The number of aromatic nitrogens is 1. The van der Waals surface area contributed by atoms with Gasteiger partial charge in [-0.1, -0.05) is 49.4 Å². The van der Waals surface area contributed by atoms with Gasteiger partial charge in [-0.05, 0) is 49.1 Å². The molecular weight excluding hydrogens is 520 g/mol. The van der Waals surface area contributed by atoms with Crippen LogP contribution in [-0.4, -0.2) is 47.6 Å². The van der Waals surface area contributed by atoms with Gasteiger partial charge in [-0.15, -0.1) is 0 Å². The van der Waals surface area contributed by atoms with Crippen LogP contribution in [0.25, 0.3) is 5.76 Å². The van der Waals surface area contributed by atoms with Gasteiger partial charge < -0.3 is 19.3 Å². The number of anilines is 1. The fourth-order valence-corrected chi connectivity index (χ4v) is 5.61. The van der Waals surface area contributed by atoms with Crippen molar-refractivity contribution in [1.82, 2.24) is 4.98 Å². The molecule has 1 unspecified atom stereocenters. The maximum atomic E-state index is 13.5. The second kappa shape index (κ2) is 10.5. The van der Waals surface area contributed by atoms with Gasteiger partial charge in [-0.2, -0.15) is 0 Å². The molecule has 3 heterocycles.